The van der Waals surface area contributed by atoms with Crippen molar-refractivity contribution in [1.82, 2.24) is 5.32 Å². The highest BCUT2D eigenvalue weighted by Gasteiger charge is 2.17. The van der Waals surface area contributed by atoms with Crippen LogP contribution in [0.4, 0.5) is 0 Å². The average Bonchev–Trinajstić information content (AvgIpc) is 2.18. The highest BCUT2D eigenvalue weighted by atomic mass is 16.2. The van der Waals surface area contributed by atoms with Crippen LogP contribution in [-0.2, 0) is 4.79 Å². The molecule has 0 aromatic carbocycles. The Labute approximate surface area is 53.0 Å². The summed E-state index contributed by atoms with van der Waals surface area (Å²) >= 11 is 0. The topological polar surface area (TPSA) is 52.9 Å². The van der Waals surface area contributed by atoms with Gasteiger partial charge in [-0.3, -0.25) is 4.79 Å². The Hall–Kier alpha value is -1.30. The van der Waals surface area contributed by atoms with Gasteiger partial charge in [0.2, 0.25) is 5.91 Å². The van der Waals surface area contributed by atoms with Crippen LogP contribution in [0.5, 0.6) is 0 Å². The molecule has 0 spiro atoms. The molecule has 1 unspecified atom stereocenters. The first-order valence-corrected chi connectivity index (χ1v) is 2.68. The van der Waals surface area contributed by atoms with Gasteiger partial charge in [-0.05, 0) is 0 Å². The number of carbonyl (C=O) groups is 1. The average molecular weight is 122 g/mol. The minimum absolute atomic E-state index is 0.0726. The maximum atomic E-state index is 10.6. The first-order valence-electron chi connectivity index (χ1n) is 2.68. The summed E-state index contributed by atoms with van der Waals surface area (Å²) in [6.07, 6.45) is 3.55. The summed E-state index contributed by atoms with van der Waals surface area (Å²) in [5.41, 5.74) is 0. The fourth-order valence-electron chi connectivity index (χ4n) is 0.700. The van der Waals surface area contributed by atoms with Crippen molar-refractivity contribution >= 4 is 5.91 Å². The van der Waals surface area contributed by atoms with Crippen LogP contribution in [0.15, 0.2) is 12.3 Å². The molecule has 1 rings (SSSR count). The quantitative estimate of drug-likeness (QED) is 0.538. The van der Waals surface area contributed by atoms with E-state index in [4.69, 9.17) is 5.26 Å². The van der Waals surface area contributed by atoms with Gasteiger partial charge in [0.15, 0.2) is 0 Å². The summed E-state index contributed by atoms with van der Waals surface area (Å²) in [5.74, 6) is -0.286. The second kappa shape index (κ2) is 2.31. The molecule has 46 valence electrons. The predicted octanol–water partition coefficient (Wildman–Crippen LogP) is 0.160. The highest BCUT2D eigenvalue weighted by molar-refractivity contribution is 5.84. The zero-order valence-electron chi connectivity index (χ0n) is 4.79. The summed E-state index contributed by atoms with van der Waals surface area (Å²) in [7, 11) is 0. The van der Waals surface area contributed by atoms with E-state index in [2.05, 4.69) is 5.32 Å². The third-order valence-corrected chi connectivity index (χ3v) is 1.20. The fourth-order valence-corrected chi connectivity index (χ4v) is 0.700. The van der Waals surface area contributed by atoms with Crippen molar-refractivity contribution in [2.45, 2.75) is 6.42 Å². The standard InChI is InChI=1S/C6H6N2O/c7-3-1-5-2-4-8-6(5)9/h2,4-5H,1H2,(H,8,9). The molecule has 0 aromatic heterocycles. The summed E-state index contributed by atoms with van der Waals surface area (Å²) in [4.78, 5) is 10.6. The smallest absolute Gasteiger partial charge is 0.231 e. The second-order valence-electron chi connectivity index (χ2n) is 1.84. The first kappa shape index (κ1) is 5.83. The van der Waals surface area contributed by atoms with Crippen molar-refractivity contribution in [2.75, 3.05) is 0 Å². The van der Waals surface area contributed by atoms with E-state index in [9.17, 15) is 4.79 Å². The Morgan fingerprint density at radius 3 is 3.11 bits per heavy atom. The number of nitrogens with zero attached hydrogens (tertiary/aromatic N) is 1. The van der Waals surface area contributed by atoms with E-state index in [1.807, 2.05) is 6.07 Å². The maximum Gasteiger partial charge on any atom is 0.231 e. The molecule has 0 aromatic rings. The van der Waals surface area contributed by atoms with E-state index in [1.54, 1.807) is 12.3 Å². The Morgan fingerprint density at radius 1 is 1.89 bits per heavy atom. The summed E-state index contributed by atoms with van der Waals surface area (Å²) < 4.78 is 0. The van der Waals surface area contributed by atoms with Crippen LogP contribution < -0.4 is 5.32 Å². The van der Waals surface area contributed by atoms with Crippen molar-refractivity contribution < 1.29 is 4.79 Å². The molecule has 0 bridgehead atoms. The molecule has 3 nitrogen and oxygen atoms in total. The Bertz CT molecular complexity index is 190. The largest absolute Gasteiger partial charge is 0.332 e. The lowest BCUT2D eigenvalue weighted by Gasteiger charge is -1.95. The van der Waals surface area contributed by atoms with Gasteiger partial charge in [0.25, 0.3) is 0 Å². The molecule has 0 radical (unpaired) electrons. The van der Waals surface area contributed by atoms with Crippen molar-refractivity contribution in [3.63, 3.8) is 0 Å². The fraction of sp³-hybridized carbons (Fsp3) is 0.333. The van der Waals surface area contributed by atoms with Gasteiger partial charge < -0.3 is 5.32 Å². The van der Waals surface area contributed by atoms with Crippen molar-refractivity contribution in [2.24, 2.45) is 5.92 Å². The Balaban J connectivity index is 2.52. The second-order valence-corrected chi connectivity index (χ2v) is 1.84. The van der Waals surface area contributed by atoms with Crippen LogP contribution >= 0.6 is 0 Å². The molecule has 3 heteroatoms. The van der Waals surface area contributed by atoms with Crippen LogP contribution in [0, 0.1) is 17.2 Å². The summed E-state index contributed by atoms with van der Waals surface area (Å²) in [6.45, 7) is 0. The van der Waals surface area contributed by atoms with Gasteiger partial charge in [-0.25, -0.2) is 0 Å². The van der Waals surface area contributed by atoms with Gasteiger partial charge in [-0.2, -0.15) is 5.26 Å². The molecule has 1 aliphatic heterocycles. The van der Waals surface area contributed by atoms with Gasteiger partial charge in [-0.1, -0.05) is 6.08 Å². The van der Waals surface area contributed by atoms with E-state index in [-0.39, 0.29) is 18.2 Å². The number of hydrogen-bond donors (Lipinski definition) is 1. The maximum absolute atomic E-state index is 10.6. The SMILES string of the molecule is N#CCC1C=CNC1=O. The summed E-state index contributed by atoms with van der Waals surface area (Å²) in [6, 6.07) is 1.93. The van der Waals surface area contributed by atoms with Gasteiger partial charge in [0.05, 0.1) is 18.4 Å². The Morgan fingerprint density at radius 2 is 2.67 bits per heavy atom. The third-order valence-electron chi connectivity index (χ3n) is 1.20. The minimum atomic E-state index is -0.213. The van der Waals surface area contributed by atoms with Crippen LogP contribution in [0.2, 0.25) is 0 Å². The van der Waals surface area contributed by atoms with Gasteiger partial charge in [0.1, 0.15) is 0 Å². The molecule has 0 fully saturated rings. The van der Waals surface area contributed by atoms with E-state index in [0.717, 1.165) is 0 Å². The summed E-state index contributed by atoms with van der Waals surface area (Å²) in [5, 5.41) is 10.7. The number of carbonyl (C=O) groups excluding carboxylic acids is 1. The molecule has 1 N–H and O–H groups in total. The lowest BCUT2D eigenvalue weighted by Crippen LogP contribution is -2.18. The number of hydrogen-bond acceptors (Lipinski definition) is 2. The van der Waals surface area contributed by atoms with Gasteiger partial charge >= 0.3 is 0 Å². The molecule has 1 atom stereocenters. The van der Waals surface area contributed by atoms with Crippen LogP contribution in [0.25, 0.3) is 0 Å². The minimum Gasteiger partial charge on any atom is -0.332 e. The molecule has 9 heavy (non-hydrogen) atoms. The highest BCUT2D eigenvalue weighted by Crippen LogP contribution is 2.07. The van der Waals surface area contributed by atoms with Crippen molar-refractivity contribution in [3.05, 3.63) is 12.3 Å². The van der Waals surface area contributed by atoms with E-state index in [0.29, 0.717) is 0 Å². The molecule has 1 heterocycles. The zero-order chi connectivity index (χ0) is 6.69. The predicted molar refractivity (Wildman–Crippen MR) is 31.0 cm³/mol. The van der Waals surface area contributed by atoms with Gasteiger partial charge in [0, 0.05) is 6.20 Å². The molecule has 0 saturated carbocycles. The van der Waals surface area contributed by atoms with Crippen molar-refractivity contribution in [1.29, 1.82) is 5.26 Å². The molecular weight excluding hydrogens is 116 g/mol. The van der Waals surface area contributed by atoms with Crippen LogP contribution in [0.1, 0.15) is 6.42 Å². The molecule has 0 saturated heterocycles. The van der Waals surface area contributed by atoms with E-state index < -0.39 is 0 Å². The lowest BCUT2D eigenvalue weighted by molar-refractivity contribution is -0.121. The van der Waals surface area contributed by atoms with Crippen molar-refractivity contribution in [3.8, 4) is 6.07 Å². The molecule has 1 aliphatic rings. The van der Waals surface area contributed by atoms with E-state index >= 15 is 0 Å². The third kappa shape index (κ3) is 1.08. The first-order chi connectivity index (χ1) is 4.34. The molecular formula is C6H6N2O. The number of rotatable bonds is 1. The number of amides is 1. The lowest BCUT2D eigenvalue weighted by atomic mass is 10.1. The Kier molecular flexibility index (Phi) is 1.50. The number of nitrogens with one attached hydrogen (secondary N) is 1. The van der Waals surface area contributed by atoms with Crippen LogP contribution in [-0.4, -0.2) is 5.91 Å². The molecule has 1 amide bonds. The van der Waals surface area contributed by atoms with E-state index in [1.165, 1.54) is 0 Å². The van der Waals surface area contributed by atoms with Crippen LogP contribution in [0.3, 0.4) is 0 Å². The zero-order valence-corrected chi connectivity index (χ0v) is 4.79. The number of nitriles is 1. The normalized spacial score (nSPS) is 23.4. The molecule has 0 aliphatic carbocycles. The monoisotopic (exact) mass is 122 g/mol. The van der Waals surface area contributed by atoms with Gasteiger partial charge in [-0.15, -0.1) is 0 Å².